The lowest BCUT2D eigenvalue weighted by atomic mass is 9.87. The van der Waals surface area contributed by atoms with Crippen LogP contribution >= 0.6 is 0 Å². The molecular formula is C22H26N2O3S. The number of aryl methyl sites for hydroxylation is 2. The number of rotatable bonds is 4. The Bertz CT molecular complexity index is 995. The molecule has 0 saturated carbocycles. The summed E-state index contributed by atoms with van der Waals surface area (Å²) in [6.07, 6.45) is 4.74. The van der Waals surface area contributed by atoms with Gasteiger partial charge in [0, 0.05) is 18.7 Å². The topological polar surface area (TPSA) is 66.5 Å². The zero-order chi connectivity index (χ0) is 19.7. The maximum absolute atomic E-state index is 13.0. The van der Waals surface area contributed by atoms with E-state index in [4.69, 9.17) is 0 Å². The van der Waals surface area contributed by atoms with Crippen molar-refractivity contribution in [1.82, 2.24) is 9.62 Å². The second kappa shape index (κ2) is 7.68. The first-order valence-corrected chi connectivity index (χ1v) is 11.4. The van der Waals surface area contributed by atoms with Crippen LogP contribution in [0.2, 0.25) is 0 Å². The second-order valence-corrected chi connectivity index (χ2v) is 9.64. The standard InChI is InChI=1S/C22H26N2O3S/c1-16-11-12-18(28(26,27)24-13-4-5-14-24)15-20(16)22(25)23-21-10-6-8-17-7-2-3-9-19(17)21/h2-3,7,9,11-12,15,21H,4-6,8,10,13-14H2,1H3,(H,23,25)/t21-/m1/s1. The Morgan fingerprint density at radius 2 is 1.82 bits per heavy atom. The van der Waals surface area contributed by atoms with E-state index in [9.17, 15) is 13.2 Å². The largest absolute Gasteiger partial charge is 0.345 e. The predicted molar refractivity (Wildman–Crippen MR) is 109 cm³/mol. The number of benzene rings is 2. The van der Waals surface area contributed by atoms with Gasteiger partial charge in [-0.05, 0) is 67.9 Å². The molecule has 6 heteroatoms. The fourth-order valence-electron chi connectivity index (χ4n) is 4.22. The van der Waals surface area contributed by atoms with Gasteiger partial charge in [0.15, 0.2) is 0 Å². The smallest absolute Gasteiger partial charge is 0.252 e. The fourth-order valence-corrected chi connectivity index (χ4v) is 5.77. The van der Waals surface area contributed by atoms with Gasteiger partial charge >= 0.3 is 0 Å². The van der Waals surface area contributed by atoms with Crippen LogP contribution in [0.4, 0.5) is 0 Å². The summed E-state index contributed by atoms with van der Waals surface area (Å²) in [7, 11) is -3.54. The molecule has 1 heterocycles. The molecule has 1 atom stereocenters. The molecule has 1 fully saturated rings. The van der Waals surface area contributed by atoms with E-state index >= 15 is 0 Å². The van der Waals surface area contributed by atoms with Crippen LogP contribution in [-0.4, -0.2) is 31.7 Å². The summed E-state index contributed by atoms with van der Waals surface area (Å²) in [6, 6.07) is 13.0. The van der Waals surface area contributed by atoms with Crippen molar-refractivity contribution in [2.45, 2.75) is 50.0 Å². The number of fused-ring (bicyclic) bond motifs is 1. The summed E-state index contributed by atoms with van der Waals surface area (Å²) < 4.78 is 27.2. The molecular weight excluding hydrogens is 372 g/mol. The van der Waals surface area contributed by atoms with Crippen LogP contribution in [0.1, 0.15) is 58.8 Å². The van der Waals surface area contributed by atoms with Crippen molar-refractivity contribution < 1.29 is 13.2 Å². The van der Waals surface area contributed by atoms with E-state index in [2.05, 4.69) is 17.4 Å². The van der Waals surface area contributed by atoms with E-state index in [-0.39, 0.29) is 16.8 Å². The van der Waals surface area contributed by atoms with Crippen LogP contribution in [0, 0.1) is 6.92 Å². The number of carbonyl (C=O) groups excluding carboxylic acids is 1. The highest BCUT2D eigenvalue weighted by atomic mass is 32.2. The lowest BCUT2D eigenvalue weighted by Crippen LogP contribution is -2.32. The van der Waals surface area contributed by atoms with Crippen molar-refractivity contribution in [3.05, 3.63) is 64.7 Å². The molecule has 2 aromatic carbocycles. The van der Waals surface area contributed by atoms with E-state index in [1.807, 2.05) is 19.1 Å². The molecule has 1 aliphatic carbocycles. The Hall–Kier alpha value is -2.18. The number of carbonyl (C=O) groups is 1. The maximum atomic E-state index is 13.0. The van der Waals surface area contributed by atoms with E-state index in [0.717, 1.165) is 37.7 Å². The Balaban J connectivity index is 1.60. The first kappa shape index (κ1) is 19.2. The minimum atomic E-state index is -3.54. The zero-order valence-corrected chi connectivity index (χ0v) is 17.0. The van der Waals surface area contributed by atoms with Crippen LogP contribution in [0.3, 0.4) is 0 Å². The highest BCUT2D eigenvalue weighted by Gasteiger charge is 2.29. The molecule has 1 amide bonds. The molecule has 4 rings (SSSR count). The van der Waals surface area contributed by atoms with Gasteiger partial charge in [-0.15, -0.1) is 0 Å². The second-order valence-electron chi connectivity index (χ2n) is 7.71. The summed E-state index contributed by atoms with van der Waals surface area (Å²) >= 11 is 0. The number of amides is 1. The lowest BCUT2D eigenvalue weighted by Gasteiger charge is -2.26. The molecule has 0 radical (unpaired) electrons. The maximum Gasteiger partial charge on any atom is 0.252 e. The average Bonchev–Trinajstić information content (AvgIpc) is 3.24. The summed E-state index contributed by atoms with van der Waals surface area (Å²) in [5.74, 6) is -0.210. The highest BCUT2D eigenvalue weighted by molar-refractivity contribution is 7.89. The SMILES string of the molecule is Cc1ccc(S(=O)(=O)N2CCCC2)cc1C(=O)N[C@@H]1CCCc2ccccc21. The molecule has 0 bridgehead atoms. The van der Waals surface area contributed by atoms with Gasteiger partial charge < -0.3 is 5.32 Å². The Labute approximate surface area is 166 Å². The summed E-state index contributed by atoms with van der Waals surface area (Å²) in [6.45, 7) is 2.95. The van der Waals surface area contributed by atoms with Gasteiger partial charge in [-0.1, -0.05) is 30.3 Å². The van der Waals surface area contributed by atoms with Gasteiger partial charge in [-0.2, -0.15) is 4.31 Å². The van der Waals surface area contributed by atoms with Gasteiger partial charge in [0.1, 0.15) is 0 Å². The number of sulfonamides is 1. The van der Waals surface area contributed by atoms with E-state index in [1.165, 1.54) is 21.5 Å². The molecule has 28 heavy (non-hydrogen) atoms. The van der Waals surface area contributed by atoms with Crippen LogP contribution < -0.4 is 5.32 Å². The van der Waals surface area contributed by atoms with E-state index < -0.39 is 10.0 Å². The summed E-state index contributed by atoms with van der Waals surface area (Å²) in [5, 5.41) is 3.13. The van der Waals surface area contributed by atoms with Crippen molar-refractivity contribution in [1.29, 1.82) is 0 Å². The molecule has 0 unspecified atom stereocenters. The molecule has 2 aliphatic rings. The normalized spacial score (nSPS) is 20.0. The minimum Gasteiger partial charge on any atom is -0.345 e. The summed E-state index contributed by atoms with van der Waals surface area (Å²) in [4.78, 5) is 13.2. The quantitative estimate of drug-likeness (QED) is 0.856. The fraction of sp³-hybridized carbons (Fsp3) is 0.409. The lowest BCUT2D eigenvalue weighted by molar-refractivity contribution is 0.0932. The third-order valence-corrected chi connectivity index (χ3v) is 7.73. The van der Waals surface area contributed by atoms with Crippen molar-refractivity contribution >= 4 is 15.9 Å². The predicted octanol–water partition coefficient (Wildman–Crippen LogP) is 3.59. The van der Waals surface area contributed by atoms with Gasteiger partial charge in [-0.3, -0.25) is 4.79 Å². The first-order valence-electron chi connectivity index (χ1n) is 9.96. The number of nitrogens with zero attached hydrogens (tertiary/aromatic N) is 1. The minimum absolute atomic E-state index is 0.0318. The first-order chi connectivity index (χ1) is 13.5. The van der Waals surface area contributed by atoms with Crippen molar-refractivity contribution in [2.75, 3.05) is 13.1 Å². The van der Waals surface area contributed by atoms with E-state index in [1.54, 1.807) is 12.1 Å². The van der Waals surface area contributed by atoms with Crippen molar-refractivity contribution in [3.8, 4) is 0 Å². The van der Waals surface area contributed by atoms with Gasteiger partial charge in [-0.25, -0.2) is 8.42 Å². The van der Waals surface area contributed by atoms with Crippen LogP contribution in [-0.2, 0) is 16.4 Å². The molecule has 1 N–H and O–H groups in total. The Kier molecular flexibility index (Phi) is 5.25. The van der Waals surface area contributed by atoms with Crippen molar-refractivity contribution in [3.63, 3.8) is 0 Å². The Morgan fingerprint density at radius 1 is 1.07 bits per heavy atom. The van der Waals surface area contributed by atoms with Gasteiger partial charge in [0.2, 0.25) is 10.0 Å². The Morgan fingerprint density at radius 3 is 2.61 bits per heavy atom. The molecule has 148 valence electrons. The van der Waals surface area contributed by atoms with Crippen LogP contribution in [0.15, 0.2) is 47.4 Å². The molecule has 1 aliphatic heterocycles. The highest BCUT2D eigenvalue weighted by Crippen LogP contribution is 2.30. The van der Waals surface area contributed by atoms with Crippen LogP contribution in [0.25, 0.3) is 0 Å². The number of hydrogen-bond acceptors (Lipinski definition) is 3. The van der Waals surface area contributed by atoms with Gasteiger partial charge in [0.05, 0.1) is 10.9 Å². The molecule has 1 saturated heterocycles. The molecule has 2 aromatic rings. The third-order valence-electron chi connectivity index (χ3n) is 5.83. The third kappa shape index (κ3) is 3.59. The average molecular weight is 399 g/mol. The van der Waals surface area contributed by atoms with E-state index in [0.29, 0.717) is 18.7 Å². The molecule has 0 aromatic heterocycles. The number of hydrogen-bond donors (Lipinski definition) is 1. The van der Waals surface area contributed by atoms with Gasteiger partial charge in [0.25, 0.3) is 5.91 Å². The molecule has 0 spiro atoms. The zero-order valence-electron chi connectivity index (χ0n) is 16.1. The molecule has 5 nitrogen and oxygen atoms in total. The van der Waals surface area contributed by atoms with Crippen molar-refractivity contribution in [2.24, 2.45) is 0 Å². The monoisotopic (exact) mass is 398 g/mol. The summed E-state index contributed by atoms with van der Waals surface area (Å²) in [5.41, 5.74) is 3.66. The number of nitrogens with one attached hydrogen (secondary N) is 1. The van der Waals surface area contributed by atoms with Crippen LogP contribution in [0.5, 0.6) is 0 Å².